The Bertz CT molecular complexity index is 733. The molecule has 2 N–H and O–H groups in total. The smallest absolute Gasteiger partial charge is 0.253 e. The number of rotatable bonds is 7. The maximum atomic E-state index is 12.7. The summed E-state index contributed by atoms with van der Waals surface area (Å²) >= 11 is 4.39. The lowest BCUT2D eigenvalue weighted by Crippen LogP contribution is -2.47. The van der Waals surface area contributed by atoms with Crippen LogP contribution in [0, 0.1) is 5.92 Å². The predicted octanol–water partition coefficient (Wildman–Crippen LogP) is 1.55. The van der Waals surface area contributed by atoms with E-state index in [1.807, 2.05) is 0 Å². The number of thiophene rings is 1. The Morgan fingerprint density at radius 2 is 2.00 bits per heavy atom. The van der Waals surface area contributed by atoms with Crippen molar-refractivity contribution >= 4 is 49.1 Å². The Labute approximate surface area is 160 Å². The third kappa shape index (κ3) is 5.02. The summed E-state index contributed by atoms with van der Waals surface area (Å²) in [6.07, 6.45) is 1.14. The van der Waals surface area contributed by atoms with E-state index < -0.39 is 16.1 Å². The van der Waals surface area contributed by atoms with Crippen LogP contribution in [-0.2, 0) is 19.6 Å². The van der Waals surface area contributed by atoms with E-state index in [4.69, 9.17) is 0 Å². The van der Waals surface area contributed by atoms with Crippen LogP contribution < -0.4 is 10.6 Å². The van der Waals surface area contributed by atoms with Crippen molar-refractivity contribution in [2.24, 2.45) is 5.92 Å². The molecule has 1 aromatic heterocycles. The second-order valence-electron chi connectivity index (χ2n) is 6.07. The summed E-state index contributed by atoms with van der Waals surface area (Å²) in [5.41, 5.74) is 0. The minimum absolute atomic E-state index is 0.0809. The van der Waals surface area contributed by atoms with Crippen LogP contribution in [0.1, 0.15) is 26.7 Å². The monoisotopic (exact) mass is 451 g/mol. The minimum Gasteiger partial charge on any atom is -0.354 e. The Hall–Kier alpha value is -0.970. The lowest BCUT2D eigenvalue weighted by Gasteiger charge is -2.22. The van der Waals surface area contributed by atoms with Crippen molar-refractivity contribution in [3.05, 3.63) is 15.9 Å². The van der Waals surface area contributed by atoms with Gasteiger partial charge in [0.15, 0.2) is 0 Å². The SMILES string of the molecule is CC(C)C(=O)NCCNC(=O)[C@@H]1CCCN1S(=O)(=O)c1ccc(Br)s1. The predicted molar refractivity (Wildman–Crippen MR) is 99.8 cm³/mol. The van der Waals surface area contributed by atoms with E-state index in [-0.39, 0.29) is 28.5 Å². The number of hydrogen-bond acceptors (Lipinski definition) is 5. The molecule has 1 fully saturated rings. The van der Waals surface area contributed by atoms with Crippen LogP contribution in [0.5, 0.6) is 0 Å². The van der Waals surface area contributed by atoms with E-state index in [9.17, 15) is 18.0 Å². The van der Waals surface area contributed by atoms with Crippen molar-refractivity contribution in [1.29, 1.82) is 0 Å². The van der Waals surface area contributed by atoms with E-state index in [2.05, 4.69) is 26.6 Å². The maximum Gasteiger partial charge on any atom is 0.253 e. The van der Waals surface area contributed by atoms with Gasteiger partial charge in [-0.25, -0.2) is 8.42 Å². The maximum absolute atomic E-state index is 12.7. The molecule has 0 spiro atoms. The van der Waals surface area contributed by atoms with Gasteiger partial charge in [-0.1, -0.05) is 13.8 Å². The fraction of sp³-hybridized carbons (Fsp3) is 0.600. The Morgan fingerprint density at radius 3 is 2.60 bits per heavy atom. The molecule has 0 bridgehead atoms. The number of carbonyl (C=O) groups excluding carboxylic acids is 2. The van der Waals surface area contributed by atoms with Crippen molar-refractivity contribution in [2.45, 2.75) is 36.9 Å². The normalized spacial score (nSPS) is 18.5. The van der Waals surface area contributed by atoms with Crippen molar-refractivity contribution in [2.75, 3.05) is 19.6 Å². The van der Waals surface area contributed by atoms with Gasteiger partial charge in [0, 0.05) is 25.6 Å². The molecule has 10 heteroatoms. The van der Waals surface area contributed by atoms with Gasteiger partial charge in [-0.15, -0.1) is 11.3 Å². The first kappa shape index (κ1) is 20.3. The molecule has 0 saturated carbocycles. The first-order valence-electron chi connectivity index (χ1n) is 8.06. The lowest BCUT2D eigenvalue weighted by atomic mass is 10.2. The van der Waals surface area contributed by atoms with Crippen molar-refractivity contribution < 1.29 is 18.0 Å². The van der Waals surface area contributed by atoms with Gasteiger partial charge >= 0.3 is 0 Å². The van der Waals surface area contributed by atoms with Gasteiger partial charge in [-0.05, 0) is 40.9 Å². The highest BCUT2D eigenvalue weighted by Gasteiger charge is 2.39. The summed E-state index contributed by atoms with van der Waals surface area (Å²) in [5.74, 6) is -0.519. The second kappa shape index (κ2) is 8.61. The second-order valence-corrected chi connectivity index (χ2v) is 10.6. The van der Waals surface area contributed by atoms with Crippen molar-refractivity contribution in [1.82, 2.24) is 14.9 Å². The van der Waals surface area contributed by atoms with Gasteiger partial charge in [0.2, 0.25) is 11.8 Å². The molecule has 140 valence electrons. The molecular formula is C15H22BrN3O4S2. The molecule has 2 heterocycles. The van der Waals surface area contributed by atoms with Crippen molar-refractivity contribution in [3.8, 4) is 0 Å². The van der Waals surface area contributed by atoms with Crippen LogP contribution in [0.2, 0.25) is 0 Å². The summed E-state index contributed by atoms with van der Waals surface area (Å²) in [5, 5.41) is 5.42. The summed E-state index contributed by atoms with van der Waals surface area (Å²) in [4.78, 5) is 23.9. The average Bonchev–Trinajstić information content (AvgIpc) is 3.20. The lowest BCUT2D eigenvalue weighted by molar-refractivity contribution is -0.125. The van der Waals surface area contributed by atoms with E-state index in [1.54, 1.807) is 26.0 Å². The molecule has 2 amide bonds. The molecule has 0 radical (unpaired) electrons. The van der Waals surface area contributed by atoms with E-state index in [1.165, 1.54) is 4.31 Å². The van der Waals surface area contributed by atoms with Crippen LogP contribution in [0.4, 0.5) is 0 Å². The number of nitrogens with one attached hydrogen (secondary N) is 2. The van der Waals surface area contributed by atoms with Gasteiger partial charge in [-0.2, -0.15) is 4.31 Å². The topological polar surface area (TPSA) is 95.6 Å². The first-order valence-corrected chi connectivity index (χ1v) is 11.1. The molecule has 7 nitrogen and oxygen atoms in total. The standard InChI is InChI=1S/C15H22BrN3O4S2/c1-10(2)14(20)17-7-8-18-15(21)11-4-3-9-19(11)25(22,23)13-6-5-12(16)24-13/h5-6,10-11H,3-4,7-9H2,1-2H3,(H,17,20)(H,18,21)/t11-/m0/s1. The molecule has 0 aliphatic carbocycles. The van der Waals surface area contributed by atoms with Crippen LogP contribution in [0.15, 0.2) is 20.1 Å². The molecule has 25 heavy (non-hydrogen) atoms. The van der Waals surface area contributed by atoms with E-state index in [0.717, 1.165) is 15.1 Å². The molecule has 1 aliphatic heterocycles. The zero-order valence-electron chi connectivity index (χ0n) is 14.1. The highest BCUT2D eigenvalue weighted by Crippen LogP contribution is 2.32. The Balaban J connectivity index is 1.94. The molecule has 1 atom stereocenters. The summed E-state index contributed by atoms with van der Waals surface area (Å²) in [6, 6.07) is 2.52. The average molecular weight is 452 g/mol. The Kier molecular flexibility index (Phi) is 7.01. The summed E-state index contributed by atoms with van der Waals surface area (Å²) in [6.45, 7) is 4.50. The number of halogens is 1. The fourth-order valence-corrected chi connectivity index (χ4v) is 6.33. The highest BCUT2D eigenvalue weighted by molar-refractivity contribution is 9.11. The number of hydrogen-bond donors (Lipinski definition) is 2. The van der Waals surface area contributed by atoms with E-state index in [0.29, 0.717) is 25.9 Å². The van der Waals surface area contributed by atoms with Crippen LogP contribution in [-0.4, -0.2) is 50.2 Å². The summed E-state index contributed by atoms with van der Waals surface area (Å²) in [7, 11) is -3.68. The van der Waals surface area contributed by atoms with Gasteiger partial charge in [0.25, 0.3) is 10.0 Å². The quantitative estimate of drug-likeness (QED) is 0.614. The van der Waals surface area contributed by atoms with Gasteiger partial charge in [-0.3, -0.25) is 9.59 Å². The molecule has 1 saturated heterocycles. The van der Waals surface area contributed by atoms with Gasteiger partial charge < -0.3 is 10.6 Å². The Morgan fingerprint density at radius 1 is 1.32 bits per heavy atom. The third-order valence-electron chi connectivity index (χ3n) is 3.87. The van der Waals surface area contributed by atoms with Crippen molar-refractivity contribution in [3.63, 3.8) is 0 Å². The third-order valence-corrected chi connectivity index (χ3v) is 7.86. The largest absolute Gasteiger partial charge is 0.354 e. The molecular weight excluding hydrogens is 430 g/mol. The molecule has 1 aliphatic rings. The van der Waals surface area contributed by atoms with Crippen LogP contribution in [0.25, 0.3) is 0 Å². The highest BCUT2D eigenvalue weighted by atomic mass is 79.9. The number of carbonyl (C=O) groups is 2. The number of sulfonamides is 1. The minimum atomic E-state index is -3.68. The zero-order valence-corrected chi connectivity index (χ0v) is 17.3. The van der Waals surface area contributed by atoms with E-state index >= 15 is 0 Å². The molecule has 1 aromatic rings. The molecule has 0 aromatic carbocycles. The van der Waals surface area contributed by atoms with Gasteiger partial charge in [0.1, 0.15) is 10.3 Å². The van der Waals surface area contributed by atoms with Crippen LogP contribution in [0.3, 0.4) is 0 Å². The van der Waals surface area contributed by atoms with Crippen LogP contribution >= 0.6 is 27.3 Å². The number of amides is 2. The first-order chi connectivity index (χ1) is 11.7. The molecule has 0 unspecified atom stereocenters. The number of nitrogens with zero attached hydrogens (tertiary/aromatic N) is 1. The fourth-order valence-electron chi connectivity index (χ4n) is 2.54. The zero-order chi connectivity index (χ0) is 18.6. The summed E-state index contributed by atoms with van der Waals surface area (Å²) < 4.78 is 27.7. The van der Waals surface area contributed by atoms with Gasteiger partial charge in [0.05, 0.1) is 3.79 Å². The molecule has 2 rings (SSSR count).